The zero-order valence-corrected chi connectivity index (χ0v) is 6.00. The molecule has 0 aliphatic rings. The molecule has 4 heavy (non-hydrogen) atoms. The van der Waals surface area contributed by atoms with Crippen molar-refractivity contribution in [3.8, 4) is 0 Å². The van der Waals surface area contributed by atoms with Crippen molar-refractivity contribution in [3.05, 3.63) is 7.43 Å². The second-order valence-electron chi connectivity index (χ2n) is 0. The van der Waals surface area contributed by atoms with E-state index in [0.29, 0.717) is 0 Å². The van der Waals surface area contributed by atoms with Crippen LogP contribution in [0.5, 0.6) is 0 Å². The van der Waals surface area contributed by atoms with Crippen LogP contribution in [0.15, 0.2) is 0 Å². The largest absolute Gasteiger partial charge is 1.00 e. The van der Waals surface area contributed by atoms with Gasteiger partial charge >= 0.3 is 18.9 Å². The first-order valence-corrected chi connectivity index (χ1v) is 3.00. The number of rotatable bonds is 0. The standard InChI is InChI=1S/CH6Si.CH3.Li/c1-2;;/h1-2H3;1H3;/q;-1;+1. The predicted molar refractivity (Wildman–Crippen MR) is 22.2 cm³/mol. The molecule has 0 aromatic rings. The van der Waals surface area contributed by atoms with Gasteiger partial charge in [0, 0.05) is 0 Å². The molecule has 2 heteroatoms. The Morgan fingerprint density at radius 3 is 1.25 bits per heavy atom. The van der Waals surface area contributed by atoms with Gasteiger partial charge in [-0.3, -0.25) is 0 Å². The van der Waals surface area contributed by atoms with Crippen LogP contribution >= 0.6 is 0 Å². The summed E-state index contributed by atoms with van der Waals surface area (Å²) in [6.45, 7) is 2.14. The average Bonchev–Trinajstić information content (AvgIpc) is 1.00. The summed E-state index contributed by atoms with van der Waals surface area (Å²) < 4.78 is 0. The van der Waals surface area contributed by atoms with Gasteiger partial charge in [0.15, 0.2) is 0 Å². The molecule has 0 unspecified atom stereocenters. The van der Waals surface area contributed by atoms with Gasteiger partial charge in [-0.25, -0.2) is 0 Å². The average molecular weight is 68.1 g/mol. The van der Waals surface area contributed by atoms with Gasteiger partial charge in [-0.1, -0.05) is 6.55 Å². The topological polar surface area (TPSA) is 0 Å². The summed E-state index contributed by atoms with van der Waals surface area (Å²) in [5, 5.41) is 0. The minimum atomic E-state index is 0. The summed E-state index contributed by atoms with van der Waals surface area (Å²) >= 11 is 0. The maximum atomic E-state index is 2.14. The Bertz CT molecular complexity index is 6.00. The fraction of sp³-hybridized carbons (Fsp3) is 0.500. The third kappa shape index (κ3) is 14.0. The third-order valence-electron chi connectivity index (χ3n) is 0. The van der Waals surface area contributed by atoms with Crippen molar-refractivity contribution >= 4 is 10.2 Å². The van der Waals surface area contributed by atoms with Crippen molar-refractivity contribution in [2.24, 2.45) is 0 Å². The van der Waals surface area contributed by atoms with Gasteiger partial charge in [-0.05, 0) is 10.2 Å². The molecule has 0 spiro atoms. The molecule has 0 aliphatic heterocycles. The van der Waals surface area contributed by atoms with Crippen LogP contribution in [0.3, 0.4) is 0 Å². The van der Waals surface area contributed by atoms with Gasteiger partial charge in [0.25, 0.3) is 0 Å². The molecule has 0 nitrogen and oxygen atoms in total. The Kier molecular flexibility index (Phi) is 242. The summed E-state index contributed by atoms with van der Waals surface area (Å²) in [7, 11) is 1.31. The van der Waals surface area contributed by atoms with Crippen LogP contribution in [0.2, 0.25) is 6.55 Å². The normalized spacial score (nSPS) is 2.25. The van der Waals surface area contributed by atoms with Gasteiger partial charge in [-0.2, -0.15) is 0 Å². The van der Waals surface area contributed by atoms with E-state index >= 15 is 0 Å². The van der Waals surface area contributed by atoms with Crippen molar-refractivity contribution in [3.63, 3.8) is 0 Å². The molecule has 0 rings (SSSR count). The van der Waals surface area contributed by atoms with E-state index in [-0.39, 0.29) is 26.3 Å². The SMILES string of the molecule is C[SiH3].[CH3-].[Li+]. The predicted octanol–water partition coefficient (Wildman–Crippen LogP) is -3.15. The molecule has 0 heterocycles. The Labute approximate surface area is 43.6 Å². The fourth-order valence-electron chi connectivity index (χ4n) is 0. The van der Waals surface area contributed by atoms with Crippen molar-refractivity contribution in [1.29, 1.82) is 0 Å². The van der Waals surface area contributed by atoms with Gasteiger partial charge in [0.05, 0.1) is 0 Å². The van der Waals surface area contributed by atoms with E-state index in [2.05, 4.69) is 6.55 Å². The van der Waals surface area contributed by atoms with Gasteiger partial charge in [0.1, 0.15) is 0 Å². The first-order chi connectivity index (χ1) is 1.00. The minimum absolute atomic E-state index is 0. The summed E-state index contributed by atoms with van der Waals surface area (Å²) in [4.78, 5) is 0. The van der Waals surface area contributed by atoms with Crippen LogP contribution in [0.4, 0.5) is 0 Å². The summed E-state index contributed by atoms with van der Waals surface area (Å²) in [5.74, 6) is 0. The third-order valence-corrected chi connectivity index (χ3v) is 0. The monoisotopic (exact) mass is 68.1 g/mol. The van der Waals surface area contributed by atoms with E-state index in [4.69, 9.17) is 0 Å². The maximum absolute atomic E-state index is 2.14. The van der Waals surface area contributed by atoms with E-state index in [1.54, 1.807) is 0 Å². The molecular weight excluding hydrogens is 59.0 g/mol. The molecule has 0 saturated carbocycles. The molecule has 0 fully saturated rings. The molecular formula is C2H9LiSi. The minimum Gasteiger partial charge on any atom is -0.358 e. The van der Waals surface area contributed by atoms with Crippen LogP contribution in [0, 0.1) is 7.43 Å². The molecule has 0 aromatic carbocycles. The van der Waals surface area contributed by atoms with Crippen molar-refractivity contribution in [1.82, 2.24) is 0 Å². The Hall–Kier alpha value is 0.814. The quantitative estimate of drug-likeness (QED) is 0.208. The van der Waals surface area contributed by atoms with Crippen LogP contribution < -0.4 is 18.9 Å². The summed E-state index contributed by atoms with van der Waals surface area (Å²) in [5.41, 5.74) is 0. The van der Waals surface area contributed by atoms with Crippen LogP contribution in [-0.4, -0.2) is 10.2 Å². The molecule has 0 radical (unpaired) electrons. The second kappa shape index (κ2) is 45.6. The molecule has 0 aliphatic carbocycles. The summed E-state index contributed by atoms with van der Waals surface area (Å²) in [6, 6.07) is 0. The van der Waals surface area contributed by atoms with E-state index in [1.807, 2.05) is 0 Å². The molecule has 0 saturated heterocycles. The fourth-order valence-corrected chi connectivity index (χ4v) is 0. The van der Waals surface area contributed by atoms with Gasteiger partial charge < -0.3 is 7.43 Å². The first-order valence-electron chi connectivity index (χ1n) is 1.00. The summed E-state index contributed by atoms with van der Waals surface area (Å²) in [6.07, 6.45) is 0. The molecule has 0 amide bonds. The van der Waals surface area contributed by atoms with Crippen molar-refractivity contribution in [2.45, 2.75) is 6.55 Å². The van der Waals surface area contributed by atoms with Crippen molar-refractivity contribution < 1.29 is 18.9 Å². The van der Waals surface area contributed by atoms with E-state index < -0.39 is 0 Å². The molecule has 0 aromatic heterocycles. The Morgan fingerprint density at radius 2 is 1.25 bits per heavy atom. The van der Waals surface area contributed by atoms with Crippen LogP contribution in [-0.2, 0) is 0 Å². The van der Waals surface area contributed by atoms with E-state index in [1.165, 1.54) is 10.2 Å². The molecule has 22 valence electrons. The molecule has 0 atom stereocenters. The molecule has 0 bridgehead atoms. The van der Waals surface area contributed by atoms with E-state index in [9.17, 15) is 0 Å². The zero-order chi connectivity index (χ0) is 2.00. The van der Waals surface area contributed by atoms with Gasteiger partial charge in [-0.15, -0.1) is 0 Å². The number of hydrogen-bond acceptors (Lipinski definition) is 0. The van der Waals surface area contributed by atoms with Crippen LogP contribution in [0.1, 0.15) is 0 Å². The Morgan fingerprint density at radius 1 is 1.25 bits per heavy atom. The van der Waals surface area contributed by atoms with E-state index in [0.717, 1.165) is 0 Å². The maximum Gasteiger partial charge on any atom is 1.00 e. The first kappa shape index (κ1) is 21.3. The van der Waals surface area contributed by atoms with Gasteiger partial charge in [0.2, 0.25) is 0 Å². The smallest absolute Gasteiger partial charge is 0.358 e. The number of hydrogen-bond donors (Lipinski definition) is 0. The molecule has 0 N–H and O–H groups in total. The zero-order valence-electron chi connectivity index (χ0n) is 4.00. The van der Waals surface area contributed by atoms with Crippen LogP contribution in [0.25, 0.3) is 0 Å². The second-order valence-corrected chi connectivity index (χ2v) is 0. The Balaban J connectivity index is -0.00000000500. The van der Waals surface area contributed by atoms with Crippen molar-refractivity contribution in [2.75, 3.05) is 0 Å².